The second-order valence-corrected chi connectivity index (χ2v) is 4.89. The number of nitrogens with zero attached hydrogens (tertiary/aromatic N) is 1. The second-order valence-electron chi connectivity index (χ2n) is 4.42. The molecule has 1 aromatic carbocycles. The number of benzene rings is 1. The van der Waals surface area contributed by atoms with Crippen LogP contribution in [0.4, 0.5) is 0 Å². The Morgan fingerprint density at radius 1 is 1.20 bits per heavy atom. The van der Waals surface area contributed by atoms with Crippen LogP contribution in [0.15, 0.2) is 30.3 Å². The van der Waals surface area contributed by atoms with E-state index in [-0.39, 0.29) is 37.2 Å². The molecule has 0 bridgehead atoms. The van der Waals surface area contributed by atoms with E-state index < -0.39 is 5.92 Å². The molecule has 1 aromatic rings. The summed E-state index contributed by atoms with van der Waals surface area (Å²) in [5, 5.41) is 18.0. The Hall–Kier alpha value is -1.50. The van der Waals surface area contributed by atoms with Gasteiger partial charge in [-0.3, -0.25) is 4.79 Å². The molecule has 0 heterocycles. The topological polar surface area (TPSA) is 86.8 Å². The van der Waals surface area contributed by atoms with Crippen LogP contribution < -0.4 is 5.73 Å². The van der Waals surface area contributed by atoms with Gasteiger partial charge in [0.25, 0.3) is 0 Å². The third kappa shape index (κ3) is 4.88. The summed E-state index contributed by atoms with van der Waals surface area (Å²) in [5.41, 5.74) is 6.64. The van der Waals surface area contributed by atoms with Crippen LogP contribution in [0, 0.1) is 5.92 Å². The van der Waals surface area contributed by atoms with Gasteiger partial charge in [-0.25, -0.2) is 0 Å². The summed E-state index contributed by atoms with van der Waals surface area (Å²) in [6, 6.07) is 9.47. The molecule has 5 nitrogen and oxygen atoms in total. The van der Waals surface area contributed by atoms with Gasteiger partial charge in [-0.05, 0) is 12.0 Å². The van der Waals surface area contributed by atoms with E-state index in [2.05, 4.69) is 0 Å². The van der Waals surface area contributed by atoms with E-state index in [1.165, 1.54) is 4.90 Å². The van der Waals surface area contributed by atoms with Crippen molar-refractivity contribution in [1.82, 2.24) is 4.90 Å². The molecule has 20 heavy (non-hydrogen) atoms. The Morgan fingerprint density at radius 2 is 1.75 bits per heavy atom. The average molecular weight is 296 g/mol. The Labute approximate surface area is 124 Å². The number of amides is 1. The summed E-state index contributed by atoms with van der Waals surface area (Å²) in [6.45, 7) is -0.0111. The molecule has 0 radical (unpaired) electrons. The first-order valence-corrected chi connectivity index (χ1v) is 6.84. The number of hydrogen-bond donors (Lipinski definition) is 3. The fraction of sp³-hybridized carbons (Fsp3) is 0.429. The molecule has 0 spiro atoms. The van der Waals surface area contributed by atoms with Crippen molar-refractivity contribution >= 4 is 23.1 Å². The van der Waals surface area contributed by atoms with E-state index in [1.807, 2.05) is 30.3 Å². The normalized spacial score (nSPS) is 11.9. The summed E-state index contributed by atoms with van der Waals surface area (Å²) in [4.78, 5) is 13.9. The highest BCUT2D eigenvalue weighted by Crippen LogP contribution is 2.12. The quantitative estimate of drug-likeness (QED) is 0.585. The lowest BCUT2D eigenvalue weighted by Gasteiger charge is -2.25. The minimum absolute atomic E-state index is 0.125. The molecule has 4 N–H and O–H groups in total. The third-order valence-electron chi connectivity index (χ3n) is 2.98. The highest BCUT2D eigenvalue weighted by molar-refractivity contribution is 7.80. The highest BCUT2D eigenvalue weighted by Gasteiger charge is 2.26. The van der Waals surface area contributed by atoms with Crippen molar-refractivity contribution in [3.05, 3.63) is 35.9 Å². The third-order valence-corrected chi connectivity index (χ3v) is 3.26. The fourth-order valence-electron chi connectivity index (χ4n) is 1.95. The first-order chi connectivity index (χ1) is 9.60. The molecule has 0 aliphatic rings. The summed E-state index contributed by atoms with van der Waals surface area (Å²) in [5.74, 6) is -0.880. The number of rotatable bonds is 8. The number of aliphatic hydroxyl groups excluding tert-OH is 2. The SMILES string of the molecule is NC(=S)C(Cc1ccccc1)C(=O)N(CCO)CCO. The fourth-order valence-corrected chi connectivity index (χ4v) is 2.14. The standard InChI is InChI=1S/C14H20N2O3S/c15-13(20)12(10-11-4-2-1-3-5-11)14(19)16(6-8-17)7-9-18/h1-5,12,17-18H,6-10H2,(H2,15,20). The number of carbonyl (C=O) groups is 1. The van der Waals surface area contributed by atoms with Crippen molar-refractivity contribution in [3.8, 4) is 0 Å². The Balaban J connectivity index is 2.83. The predicted molar refractivity (Wildman–Crippen MR) is 81.2 cm³/mol. The largest absolute Gasteiger partial charge is 0.395 e. The van der Waals surface area contributed by atoms with E-state index in [0.717, 1.165) is 5.56 Å². The zero-order valence-electron chi connectivity index (χ0n) is 11.2. The Bertz CT molecular complexity index is 433. The van der Waals surface area contributed by atoms with Crippen LogP contribution in [0.3, 0.4) is 0 Å². The molecule has 1 amide bonds. The zero-order valence-corrected chi connectivity index (χ0v) is 12.1. The van der Waals surface area contributed by atoms with Crippen molar-refractivity contribution < 1.29 is 15.0 Å². The molecule has 0 saturated carbocycles. The van der Waals surface area contributed by atoms with Gasteiger partial charge in [0.05, 0.1) is 24.1 Å². The Morgan fingerprint density at radius 3 is 2.20 bits per heavy atom. The molecule has 0 fully saturated rings. The molecular formula is C14H20N2O3S. The van der Waals surface area contributed by atoms with Gasteiger partial charge in [0.15, 0.2) is 0 Å². The molecule has 1 unspecified atom stereocenters. The molecule has 6 heteroatoms. The molecular weight excluding hydrogens is 276 g/mol. The summed E-state index contributed by atoms with van der Waals surface area (Å²) < 4.78 is 0. The van der Waals surface area contributed by atoms with E-state index in [1.54, 1.807) is 0 Å². The van der Waals surface area contributed by atoms with E-state index >= 15 is 0 Å². The van der Waals surface area contributed by atoms with Gasteiger partial charge in [0, 0.05) is 13.1 Å². The molecule has 1 rings (SSSR count). The average Bonchev–Trinajstić information content (AvgIpc) is 2.44. The van der Waals surface area contributed by atoms with Crippen LogP contribution in [0.1, 0.15) is 5.56 Å². The number of carbonyl (C=O) groups excluding carboxylic acids is 1. The Kier molecular flexibility index (Phi) is 7.14. The van der Waals surface area contributed by atoms with Crippen LogP contribution in [0.2, 0.25) is 0 Å². The van der Waals surface area contributed by atoms with Crippen LogP contribution in [0.5, 0.6) is 0 Å². The molecule has 0 saturated heterocycles. The number of thiocarbonyl (C=S) groups is 1. The van der Waals surface area contributed by atoms with Crippen LogP contribution in [0.25, 0.3) is 0 Å². The summed E-state index contributed by atoms with van der Waals surface area (Å²) in [7, 11) is 0. The van der Waals surface area contributed by atoms with Gasteiger partial charge >= 0.3 is 0 Å². The highest BCUT2D eigenvalue weighted by atomic mass is 32.1. The maximum Gasteiger partial charge on any atom is 0.233 e. The van der Waals surface area contributed by atoms with Crippen molar-refractivity contribution in [2.45, 2.75) is 6.42 Å². The maximum atomic E-state index is 12.4. The molecule has 0 aliphatic heterocycles. The molecule has 110 valence electrons. The lowest BCUT2D eigenvalue weighted by molar-refractivity contribution is -0.134. The van der Waals surface area contributed by atoms with Crippen molar-refractivity contribution in [1.29, 1.82) is 0 Å². The van der Waals surface area contributed by atoms with Gasteiger partial charge in [-0.1, -0.05) is 42.5 Å². The monoisotopic (exact) mass is 296 g/mol. The number of aliphatic hydroxyl groups is 2. The predicted octanol–water partition coefficient (Wildman–Crippen LogP) is -0.0554. The maximum absolute atomic E-state index is 12.4. The van der Waals surface area contributed by atoms with Crippen LogP contribution >= 0.6 is 12.2 Å². The van der Waals surface area contributed by atoms with Crippen LogP contribution in [-0.2, 0) is 11.2 Å². The van der Waals surface area contributed by atoms with Crippen molar-refractivity contribution in [2.75, 3.05) is 26.3 Å². The van der Waals surface area contributed by atoms with Gasteiger partial charge in [-0.2, -0.15) is 0 Å². The van der Waals surface area contributed by atoms with Crippen molar-refractivity contribution in [2.24, 2.45) is 11.7 Å². The number of nitrogens with two attached hydrogens (primary N) is 1. The lowest BCUT2D eigenvalue weighted by Crippen LogP contribution is -2.44. The van der Waals surface area contributed by atoms with Gasteiger partial charge < -0.3 is 20.8 Å². The number of hydrogen-bond acceptors (Lipinski definition) is 4. The van der Waals surface area contributed by atoms with E-state index in [4.69, 9.17) is 28.2 Å². The lowest BCUT2D eigenvalue weighted by atomic mass is 9.97. The van der Waals surface area contributed by atoms with Gasteiger partial charge in [0.2, 0.25) is 5.91 Å². The van der Waals surface area contributed by atoms with Crippen LogP contribution in [-0.4, -0.2) is 52.3 Å². The smallest absolute Gasteiger partial charge is 0.233 e. The first kappa shape index (κ1) is 16.6. The minimum atomic E-state index is -0.620. The van der Waals surface area contributed by atoms with Gasteiger partial charge in [-0.15, -0.1) is 0 Å². The second kappa shape index (κ2) is 8.63. The zero-order chi connectivity index (χ0) is 15.0. The van der Waals surface area contributed by atoms with E-state index in [0.29, 0.717) is 6.42 Å². The van der Waals surface area contributed by atoms with Crippen molar-refractivity contribution in [3.63, 3.8) is 0 Å². The molecule has 1 atom stereocenters. The van der Waals surface area contributed by atoms with Gasteiger partial charge in [0.1, 0.15) is 0 Å². The minimum Gasteiger partial charge on any atom is -0.395 e. The summed E-state index contributed by atoms with van der Waals surface area (Å²) >= 11 is 4.99. The first-order valence-electron chi connectivity index (χ1n) is 6.44. The molecule has 0 aromatic heterocycles. The molecule has 0 aliphatic carbocycles. The summed E-state index contributed by atoms with van der Waals surface area (Å²) in [6.07, 6.45) is 0.419. The van der Waals surface area contributed by atoms with E-state index in [9.17, 15) is 4.79 Å².